The maximum Gasteiger partial charge on any atom is 0.124 e. The van der Waals surface area contributed by atoms with Crippen LogP contribution in [-0.4, -0.2) is 46.4 Å². The van der Waals surface area contributed by atoms with E-state index in [0.717, 1.165) is 51.5 Å². The summed E-state index contributed by atoms with van der Waals surface area (Å²) < 4.78 is 2.07. The van der Waals surface area contributed by atoms with Gasteiger partial charge in [-0.05, 0) is 31.4 Å². The lowest BCUT2D eigenvalue weighted by atomic mass is 9.94. The molecule has 2 aliphatic rings. The number of aromatic nitrogens is 2. The van der Waals surface area contributed by atoms with Crippen LogP contribution in [0.25, 0.3) is 0 Å². The van der Waals surface area contributed by atoms with Gasteiger partial charge in [0.2, 0.25) is 0 Å². The Morgan fingerprint density at radius 1 is 1.24 bits per heavy atom. The average molecular weight is 339 g/mol. The Labute approximate surface area is 150 Å². The first kappa shape index (κ1) is 16.6. The number of nitrogens with one attached hydrogen (secondary N) is 2. The molecule has 0 saturated carbocycles. The molecule has 4 rings (SSSR count). The van der Waals surface area contributed by atoms with Crippen molar-refractivity contribution in [2.45, 2.75) is 38.9 Å². The molecule has 1 unspecified atom stereocenters. The van der Waals surface area contributed by atoms with Crippen LogP contribution in [0.15, 0.2) is 36.5 Å². The molecule has 0 bridgehead atoms. The van der Waals surface area contributed by atoms with Crippen molar-refractivity contribution in [3.05, 3.63) is 47.7 Å². The lowest BCUT2D eigenvalue weighted by Gasteiger charge is -2.42. The van der Waals surface area contributed by atoms with E-state index in [1.54, 1.807) is 0 Å². The predicted octanol–water partition coefficient (Wildman–Crippen LogP) is 2.35. The lowest BCUT2D eigenvalue weighted by molar-refractivity contribution is 0.101. The largest absolute Gasteiger partial charge is 0.370 e. The van der Waals surface area contributed by atoms with E-state index < -0.39 is 0 Å². The Morgan fingerprint density at radius 3 is 2.96 bits per heavy atom. The minimum absolute atomic E-state index is 0.159. The van der Waals surface area contributed by atoms with E-state index in [1.807, 2.05) is 12.3 Å². The van der Waals surface area contributed by atoms with Gasteiger partial charge in [0.1, 0.15) is 5.82 Å². The van der Waals surface area contributed by atoms with Crippen molar-refractivity contribution in [1.82, 2.24) is 20.0 Å². The molecule has 2 aliphatic heterocycles. The highest BCUT2D eigenvalue weighted by atomic mass is 15.3. The Hall–Kier alpha value is -1.85. The highest BCUT2D eigenvalue weighted by Crippen LogP contribution is 2.25. The molecule has 5 heteroatoms. The van der Waals surface area contributed by atoms with Gasteiger partial charge in [0.05, 0.1) is 6.20 Å². The molecule has 0 aliphatic carbocycles. The van der Waals surface area contributed by atoms with Crippen LogP contribution in [0.1, 0.15) is 25.0 Å². The fourth-order valence-electron chi connectivity index (χ4n) is 4.03. The second-order valence-electron chi connectivity index (χ2n) is 8.03. The third-order valence-corrected chi connectivity index (χ3v) is 5.70. The minimum atomic E-state index is 0.159. The van der Waals surface area contributed by atoms with Gasteiger partial charge in [-0.25, -0.2) is 4.68 Å². The molecule has 0 radical (unpaired) electrons. The predicted molar refractivity (Wildman–Crippen MR) is 102 cm³/mol. The van der Waals surface area contributed by atoms with Gasteiger partial charge < -0.3 is 10.6 Å². The fraction of sp³-hybridized carbons (Fsp3) is 0.550. The molecule has 3 heterocycles. The zero-order valence-corrected chi connectivity index (χ0v) is 15.3. The second-order valence-corrected chi connectivity index (χ2v) is 8.03. The summed E-state index contributed by atoms with van der Waals surface area (Å²) >= 11 is 0. The van der Waals surface area contributed by atoms with Crippen LogP contribution in [0.2, 0.25) is 0 Å². The highest BCUT2D eigenvalue weighted by Gasteiger charge is 2.29. The zero-order valence-electron chi connectivity index (χ0n) is 15.3. The maximum atomic E-state index is 4.38. The van der Waals surface area contributed by atoms with Crippen molar-refractivity contribution in [3.63, 3.8) is 0 Å². The molecule has 1 atom stereocenters. The van der Waals surface area contributed by atoms with Crippen molar-refractivity contribution in [3.8, 4) is 0 Å². The molecule has 0 fully saturated rings. The zero-order chi connectivity index (χ0) is 17.3. The minimum Gasteiger partial charge on any atom is -0.370 e. The van der Waals surface area contributed by atoms with Gasteiger partial charge >= 0.3 is 0 Å². The van der Waals surface area contributed by atoms with E-state index in [1.165, 1.54) is 11.1 Å². The summed E-state index contributed by atoms with van der Waals surface area (Å²) in [4.78, 5) is 2.62. The lowest BCUT2D eigenvalue weighted by Crippen LogP contribution is -2.53. The topological polar surface area (TPSA) is 45.1 Å². The highest BCUT2D eigenvalue weighted by molar-refractivity contribution is 5.35. The van der Waals surface area contributed by atoms with Gasteiger partial charge in [-0.3, -0.25) is 4.90 Å². The number of anilines is 1. The van der Waals surface area contributed by atoms with Crippen LogP contribution >= 0.6 is 0 Å². The molecule has 25 heavy (non-hydrogen) atoms. The monoisotopic (exact) mass is 339 g/mol. The standard InChI is InChI=1S/C20H29N5/c1-20(2,24-10-8-17-5-3-4-6-18(17)14-24)15-21-11-16-12-22-19-7-9-23-25(19)13-16/h3-7,9,16,21-22H,8,10-15H2,1-2H3. The first-order chi connectivity index (χ1) is 12.1. The molecule has 134 valence electrons. The Balaban J connectivity index is 1.29. The van der Waals surface area contributed by atoms with E-state index in [-0.39, 0.29) is 5.54 Å². The number of fused-ring (bicyclic) bond motifs is 2. The van der Waals surface area contributed by atoms with E-state index in [2.05, 4.69) is 63.4 Å². The SMILES string of the molecule is CC(C)(CNCC1CNc2ccnn2C1)N1CCc2ccccc2C1. The third kappa shape index (κ3) is 3.58. The van der Waals surface area contributed by atoms with E-state index in [4.69, 9.17) is 0 Å². The second kappa shape index (κ2) is 6.81. The number of benzene rings is 1. The molecule has 2 N–H and O–H groups in total. The van der Waals surface area contributed by atoms with Crippen LogP contribution in [0.3, 0.4) is 0 Å². The summed E-state index contributed by atoms with van der Waals surface area (Å²) in [5.41, 5.74) is 3.17. The van der Waals surface area contributed by atoms with Gasteiger partial charge in [0.15, 0.2) is 0 Å². The van der Waals surface area contributed by atoms with Crippen LogP contribution in [0, 0.1) is 5.92 Å². The first-order valence-corrected chi connectivity index (χ1v) is 9.40. The maximum absolute atomic E-state index is 4.38. The molecule has 0 spiro atoms. The van der Waals surface area contributed by atoms with Crippen molar-refractivity contribution >= 4 is 5.82 Å². The van der Waals surface area contributed by atoms with Gasteiger partial charge in [0.25, 0.3) is 0 Å². The summed E-state index contributed by atoms with van der Waals surface area (Å²) in [5.74, 6) is 1.73. The van der Waals surface area contributed by atoms with Gasteiger partial charge in [-0.2, -0.15) is 5.10 Å². The Morgan fingerprint density at radius 2 is 2.08 bits per heavy atom. The number of hydrogen-bond donors (Lipinski definition) is 2. The quantitative estimate of drug-likeness (QED) is 0.878. The smallest absolute Gasteiger partial charge is 0.124 e. The first-order valence-electron chi connectivity index (χ1n) is 9.40. The van der Waals surface area contributed by atoms with Crippen LogP contribution in [-0.2, 0) is 19.5 Å². The average Bonchev–Trinajstić information content (AvgIpc) is 3.09. The van der Waals surface area contributed by atoms with Crippen molar-refractivity contribution in [2.75, 3.05) is 31.5 Å². The molecular weight excluding hydrogens is 310 g/mol. The molecule has 0 amide bonds. The molecule has 1 aromatic heterocycles. The molecule has 5 nitrogen and oxygen atoms in total. The summed E-state index contributed by atoms with van der Waals surface area (Å²) in [6.45, 7) is 11.0. The molecular formula is C20H29N5. The van der Waals surface area contributed by atoms with Crippen LogP contribution in [0.5, 0.6) is 0 Å². The fourth-order valence-corrected chi connectivity index (χ4v) is 4.03. The number of hydrogen-bond acceptors (Lipinski definition) is 4. The molecule has 2 aromatic rings. The van der Waals surface area contributed by atoms with E-state index in [0.29, 0.717) is 5.92 Å². The summed E-state index contributed by atoms with van der Waals surface area (Å²) in [6, 6.07) is 10.9. The van der Waals surface area contributed by atoms with Crippen molar-refractivity contribution in [2.24, 2.45) is 5.92 Å². The van der Waals surface area contributed by atoms with Gasteiger partial charge in [0, 0.05) is 56.8 Å². The van der Waals surface area contributed by atoms with Gasteiger partial charge in [-0.1, -0.05) is 24.3 Å². The summed E-state index contributed by atoms with van der Waals surface area (Å²) in [7, 11) is 0. The summed E-state index contributed by atoms with van der Waals surface area (Å²) in [5, 5.41) is 11.6. The van der Waals surface area contributed by atoms with E-state index >= 15 is 0 Å². The van der Waals surface area contributed by atoms with Crippen molar-refractivity contribution in [1.29, 1.82) is 0 Å². The van der Waals surface area contributed by atoms with E-state index in [9.17, 15) is 0 Å². The molecule has 0 saturated heterocycles. The normalized spacial score (nSPS) is 20.6. The van der Waals surface area contributed by atoms with Crippen molar-refractivity contribution < 1.29 is 0 Å². The Bertz CT molecular complexity index is 720. The molecule has 1 aromatic carbocycles. The number of nitrogens with zero attached hydrogens (tertiary/aromatic N) is 3. The van der Waals surface area contributed by atoms with Crippen LogP contribution < -0.4 is 10.6 Å². The van der Waals surface area contributed by atoms with Gasteiger partial charge in [-0.15, -0.1) is 0 Å². The third-order valence-electron chi connectivity index (χ3n) is 5.70. The number of rotatable bonds is 5. The van der Waals surface area contributed by atoms with Crippen LogP contribution in [0.4, 0.5) is 5.82 Å². The Kier molecular flexibility index (Phi) is 4.52. The summed E-state index contributed by atoms with van der Waals surface area (Å²) in [6.07, 6.45) is 3.03.